The Labute approximate surface area is 119 Å². The molecule has 0 atom stereocenters. The summed E-state index contributed by atoms with van der Waals surface area (Å²) in [6.07, 6.45) is 0. The summed E-state index contributed by atoms with van der Waals surface area (Å²) in [4.78, 5) is 0. The molecule has 0 saturated carbocycles. The number of nitrogens with one attached hydrogen (secondary N) is 1. The molecule has 2 N–H and O–H groups in total. The lowest BCUT2D eigenvalue weighted by atomic mass is 10.1. The number of rotatable bonds is 5. The summed E-state index contributed by atoms with van der Waals surface area (Å²) >= 11 is 0. The van der Waals surface area contributed by atoms with Crippen LogP contribution in [0.3, 0.4) is 0 Å². The molecule has 0 spiro atoms. The monoisotopic (exact) mass is 273 g/mol. The van der Waals surface area contributed by atoms with Gasteiger partial charge in [0.05, 0.1) is 14.2 Å². The van der Waals surface area contributed by atoms with E-state index in [9.17, 15) is 5.11 Å². The Hall–Kier alpha value is -2.36. The average molecular weight is 273 g/mol. The molecule has 0 saturated heterocycles. The summed E-state index contributed by atoms with van der Waals surface area (Å²) in [7, 11) is 3.25. The molecule has 106 valence electrons. The van der Waals surface area contributed by atoms with E-state index in [2.05, 4.69) is 5.32 Å². The van der Waals surface area contributed by atoms with Crippen molar-refractivity contribution in [3.63, 3.8) is 0 Å². The summed E-state index contributed by atoms with van der Waals surface area (Å²) in [5, 5.41) is 12.8. The van der Waals surface area contributed by atoms with E-state index in [4.69, 9.17) is 9.47 Å². The highest BCUT2D eigenvalue weighted by Crippen LogP contribution is 2.31. The van der Waals surface area contributed by atoms with E-state index >= 15 is 0 Å². The van der Waals surface area contributed by atoms with E-state index in [1.807, 2.05) is 37.3 Å². The van der Waals surface area contributed by atoms with Crippen LogP contribution in [0.15, 0.2) is 36.4 Å². The predicted octanol–water partition coefficient (Wildman–Crippen LogP) is 3.33. The highest BCUT2D eigenvalue weighted by molar-refractivity contribution is 5.53. The first-order valence-corrected chi connectivity index (χ1v) is 6.39. The number of hydrogen-bond acceptors (Lipinski definition) is 4. The number of para-hydroxylation sites is 1. The molecule has 2 rings (SSSR count). The number of phenolic OH excluding ortho intramolecular Hbond substituents is 1. The Morgan fingerprint density at radius 2 is 1.90 bits per heavy atom. The topological polar surface area (TPSA) is 50.7 Å². The van der Waals surface area contributed by atoms with Gasteiger partial charge in [0.25, 0.3) is 0 Å². The molecule has 4 heteroatoms. The maximum atomic E-state index is 9.52. The lowest BCUT2D eigenvalue weighted by Gasteiger charge is -2.14. The second kappa shape index (κ2) is 6.19. The van der Waals surface area contributed by atoms with Crippen LogP contribution < -0.4 is 14.8 Å². The predicted molar refractivity (Wildman–Crippen MR) is 79.7 cm³/mol. The number of hydrogen-bond donors (Lipinski definition) is 2. The van der Waals surface area contributed by atoms with Crippen molar-refractivity contribution in [2.24, 2.45) is 0 Å². The van der Waals surface area contributed by atoms with E-state index in [0.29, 0.717) is 18.0 Å². The molecule has 0 amide bonds. The van der Waals surface area contributed by atoms with Crippen molar-refractivity contribution in [2.75, 3.05) is 19.5 Å². The highest BCUT2D eigenvalue weighted by atomic mass is 16.5. The van der Waals surface area contributed by atoms with E-state index in [1.165, 1.54) is 0 Å². The zero-order valence-corrected chi connectivity index (χ0v) is 11.9. The minimum absolute atomic E-state index is 0.300. The van der Waals surface area contributed by atoms with Gasteiger partial charge in [-0.3, -0.25) is 0 Å². The Bertz CT molecular complexity index is 596. The third-order valence-electron chi connectivity index (χ3n) is 3.16. The van der Waals surface area contributed by atoms with Crippen LogP contribution in [0.4, 0.5) is 5.69 Å². The van der Waals surface area contributed by atoms with Crippen molar-refractivity contribution in [3.8, 4) is 17.2 Å². The molecule has 0 aliphatic rings. The third kappa shape index (κ3) is 2.96. The van der Waals surface area contributed by atoms with E-state index in [1.54, 1.807) is 20.3 Å². The van der Waals surface area contributed by atoms with Crippen LogP contribution in [0.25, 0.3) is 0 Å². The van der Waals surface area contributed by atoms with Gasteiger partial charge in [-0.15, -0.1) is 0 Å². The van der Waals surface area contributed by atoms with Gasteiger partial charge in [-0.1, -0.05) is 12.1 Å². The SMILES string of the molecule is COc1cccc(CNc2ccc(O)c(C)c2)c1OC. The molecule has 0 bridgehead atoms. The fourth-order valence-corrected chi connectivity index (χ4v) is 2.06. The Kier molecular flexibility index (Phi) is 4.35. The van der Waals surface area contributed by atoms with Crippen molar-refractivity contribution in [2.45, 2.75) is 13.5 Å². The van der Waals surface area contributed by atoms with Crippen LogP contribution >= 0.6 is 0 Å². The second-order valence-electron chi connectivity index (χ2n) is 4.51. The molecule has 0 radical (unpaired) electrons. The minimum atomic E-state index is 0.300. The largest absolute Gasteiger partial charge is 0.508 e. The van der Waals surface area contributed by atoms with Crippen LogP contribution in [-0.2, 0) is 6.54 Å². The van der Waals surface area contributed by atoms with Gasteiger partial charge in [-0.2, -0.15) is 0 Å². The molecular weight excluding hydrogens is 254 g/mol. The van der Waals surface area contributed by atoms with Gasteiger partial charge < -0.3 is 19.9 Å². The zero-order valence-electron chi connectivity index (χ0n) is 11.9. The minimum Gasteiger partial charge on any atom is -0.508 e. The first-order chi connectivity index (χ1) is 9.65. The summed E-state index contributed by atoms with van der Waals surface area (Å²) in [6, 6.07) is 11.2. The van der Waals surface area contributed by atoms with E-state index in [0.717, 1.165) is 22.6 Å². The van der Waals surface area contributed by atoms with Crippen LogP contribution in [-0.4, -0.2) is 19.3 Å². The Morgan fingerprint density at radius 3 is 2.55 bits per heavy atom. The first kappa shape index (κ1) is 14.1. The lowest BCUT2D eigenvalue weighted by Crippen LogP contribution is -2.03. The standard InChI is InChI=1S/C16H19NO3/c1-11-9-13(7-8-14(11)18)17-10-12-5-4-6-15(19-2)16(12)20-3/h4-9,17-18H,10H2,1-3H3. The van der Waals surface area contributed by atoms with Crippen molar-refractivity contribution in [1.29, 1.82) is 0 Å². The molecule has 0 aliphatic heterocycles. The fourth-order valence-electron chi connectivity index (χ4n) is 2.06. The van der Waals surface area contributed by atoms with Gasteiger partial charge in [-0.05, 0) is 36.8 Å². The maximum absolute atomic E-state index is 9.52. The number of aryl methyl sites for hydroxylation is 1. The molecule has 2 aromatic rings. The lowest BCUT2D eigenvalue weighted by molar-refractivity contribution is 0.352. The van der Waals surface area contributed by atoms with E-state index < -0.39 is 0 Å². The number of phenols is 1. The van der Waals surface area contributed by atoms with Gasteiger partial charge in [0.2, 0.25) is 0 Å². The number of aromatic hydroxyl groups is 1. The number of anilines is 1. The quantitative estimate of drug-likeness (QED) is 0.820. The maximum Gasteiger partial charge on any atom is 0.165 e. The molecule has 0 aliphatic carbocycles. The molecule has 0 unspecified atom stereocenters. The second-order valence-corrected chi connectivity index (χ2v) is 4.51. The van der Waals surface area contributed by atoms with Crippen LogP contribution in [0.1, 0.15) is 11.1 Å². The summed E-state index contributed by atoms with van der Waals surface area (Å²) in [5.74, 6) is 1.75. The normalized spacial score (nSPS) is 10.2. The van der Waals surface area contributed by atoms with Gasteiger partial charge in [0.1, 0.15) is 5.75 Å². The molecule has 20 heavy (non-hydrogen) atoms. The molecule has 0 aromatic heterocycles. The average Bonchev–Trinajstić information content (AvgIpc) is 2.47. The smallest absolute Gasteiger partial charge is 0.165 e. The van der Waals surface area contributed by atoms with Crippen molar-refractivity contribution < 1.29 is 14.6 Å². The van der Waals surface area contributed by atoms with Crippen molar-refractivity contribution in [1.82, 2.24) is 0 Å². The summed E-state index contributed by atoms with van der Waals surface area (Å²) in [5.41, 5.74) is 2.80. The highest BCUT2D eigenvalue weighted by Gasteiger charge is 2.09. The molecule has 2 aromatic carbocycles. The van der Waals surface area contributed by atoms with Gasteiger partial charge in [0, 0.05) is 17.8 Å². The van der Waals surface area contributed by atoms with E-state index in [-0.39, 0.29) is 0 Å². The number of benzene rings is 2. The molecule has 0 heterocycles. The first-order valence-electron chi connectivity index (χ1n) is 6.39. The van der Waals surface area contributed by atoms with Crippen LogP contribution in [0, 0.1) is 6.92 Å². The van der Waals surface area contributed by atoms with Crippen LogP contribution in [0.5, 0.6) is 17.2 Å². The fraction of sp³-hybridized carbons (Fsp3) is 0.250. The van der Waals surface area contributed by atoms with Gasteiger partial charge in [0.15, 0.2) is 11.5 Å². The Morgan fingerprint density at radius 1 is 1.10 bits per heavy atom. The Balaban J connectivity index is 2.16. The van der Waals surface area contributed by atoms with Crippen molar-refractivity contribution in [3.05, 3.63) is 47.5 Å². The molecule has 4 nitrogen and oxygen atoms in total. The van der Waals surface area contributed by atoms with Crippen molar-refractivity contribution >= 4 is 5.69 Å². The van der Waals surface area contributed by atoms with Crippen LogP contribution in [0.2, 0.25) is 0 Å². The number of ether oxygens (including phenoxy) is 2. The third-order valence-corrected chi connectivity index (χ3v) is 3.16. The molecular formula is C16H19NO3. The zero-order chi connectivity index (χ0) is 14.5. The number of methoxy groups -OCH3 is 2. The summed E-state index contributed by atoms with van der Waals surface area (Å²) in [6.45, 7) is 2.48. The molecule has 0 fully saturated rings. The summed E-state index contributed by atoms with van der Waals surface area (Å²) < 4.78 is 10.7. The van der Waals surface area contributed by atoms with Gasteiger partial charge in [-0.25, -0.2) is 0 Å². The van der Waals surface area contributed by atoms with Gasteiger partial charge >= 0.3 is 0 Å².